The van der Waals surface area contributed by atoms with Crippen molar-refractivity contribution in [1.82, 2.24) is 5.32 Å². The van der Waals surface area contributed by atoms with Crippen molar-refractivity contribution in [2.75, 3.05) is 20.2 Å². The van der Waals surface area contributed by atoms with Crippen molar-refractivity contribution >= 4 is 5.97 Å². The predicted octanol–water partition coefficient (Wildman–Crippen LogP) is 2.11. The standard InChI is InChI=1S/C12H16N4O2/c1-9-3-5-10(6-4-9)11(12(17)18-2)14-7-8-15-16-13/h3-6,11,14H,7-8H2,1-2H3. The summed E-state index contributed by atoms with van der Waals surface area (Å²) >= 11 is 0. The minimum atomic E-state index is -0.538. The number of aryl methyl sites for hydroxylation is 1. The van der Waals surface area contributed by atoms with E-state index in [1.165, 1.54) is 7.11 Å². The number of benzene rings is 1. The van der Waals surface area contributed by atoms with Crippen LogP contribution in [0, 0.1) is 6.92 Å². The Hall–Kier alpha value is -2.04. The van der Waals surface area contributed by atoms with Crippen LogP contribution in [0.5, 0.6) is 0 Å². The van der Waals surface area contributed by atoms with Crippen LogP contribution in [0.1, 0.15) is 17.2 Å². The number of nitrogens with one attached hydrogen (secondary N) is 1. The molecule has 1 aromatic carbocycles. The molecule has 1 unspecified atom stereocenters. The molecule has 0 radical (unpaired) electrons. The maximum absolute atomic E-state index is 11.7. The Morgan fingerprint density at radius 3 is 2.72 bits per heavy atom. The second kappa shape index (κ2) is 7.32. The van der Waals surface area contributed by atoms with Crippen LogP contribution in [0.15, 0.2) is 29.4 Å². The molecule has 0 fully saturated rings. The zero-order valence-corrected chi connectivity index (χ0v) is 10.5. The number of hydrogen-bond donors (Lipinski definition) is 1. The zero-order chi connectivity index (χ0) is 13.4. The topological polar surface area (TPSA) is 87.1 Å². The fourth-order valence-electron chi connectivity index (χ4n) is 1.52. The predicted molar refractivity (Wildman–Crippen MR) is 68.0 cm³/mol. The fraction of sp³-hybridized carbons (Fsp3) is 0.417. The van der Waals surface area contributed by atoms with Gasteiger partial charge in [-0.15, -0.1) is 0 Å². The lowest BCUT2D eigenvalue weighted by Crippen LogP contribution is -2.31. The molecule has 0 heterocycles. The van der Waals surface area contributed by atoms with Gasteiger partial charge in [0.25, 0.3) is 0 Å². The van der Waals surface area contributed by atoms with Crippen molar-refractivity contribution in [2.45, 2.75) is 13.0 Å². The average molecular weight is 248 g/mol. The second-order valence-corrected chi connectivity index (χ2v) is 3.78. The Labute approximate surface area is 106 Å². The summed E-state index contributed by atoms with van der Waals surface area (Å²) in [5.41, 5.74) is 10.1. The molecule has 1 N–H and O–H groups in total. The number of methoxy groups -OCH3 is 1. The van der Waals surface area contributed by atoms with Crippen LogP contribution < -0.4 is 5.32 Å². The Bertz CT molecular complexity index is 438. The molecule has 0 spiro atoms. The lowest BCUT2D eigenvalue weighted by atomic mass is 10.1. The van der Waals surface area contributed by atoms with Gasteiger partial charge in [-0.05, 0) is 18.0 Å². The van der Waals surface area contributed by atoms with Crippen molar-refractivity contribution in [2.24, 2.45) is 5.11 Å². The van der Waals surface area contributed by atoms with E-state index < -0.39 is 6.04 Å². The van der Waals surface area contributed by atoms with Gasteiger partial charge in [-0.1, -0.05) is 34.9 Å². The minimum Gasteiger partial charge on any atom is -0.468 e. The van der Waals surface area contributed by atoms with Gasteiger partial charge < -0.3 is 10.1 Å². The lowest BCUT2D eigenvalue weighted by molar-refractivity contribution is -0.143. The van der Waals surface area contributed by atoms with Gasteiger partial charge in [0, 0.05) is 18.0 Å². The SMILES string of the molecule is COC(=O)C(NCCN=[N+]=[N-])c1ccc(C)cc1. The maximum atomic E-state index is 11.7. The lowest BCUT2D eigenvalue weighted by Gasteiger charge is -2.16. The van der Waals surface area contributed by atoms with E-state index in [1.54, 1.807) is 0 Å². The molecule has 0 aliphatic carbocycles. The van der Waals surface area contributed by atoms with Gasteiger partial charge in [0.15, 0.2) is 0 Å². The van der Waals surface area contributed by atoms with E-state index in [4.69, 9.17) is 10.3 Å². The number of ether oxygens (including phenoxy) is 1. The highest BCUT2D eigenvalue weighted by molar-refractivity contribution is 5.77. The molecule has 1 atom stereocenters. The van der Waals surface area contributed by atoms with E-state index in [2.05, 4.69) is 15.3 Å². The van der Waals surface area contributed by atoms with Crippen LogP contribution in [0.2, 0.25) is 0 Å². The number of nitrogens with zero attached hydrogens (tertiary/aromatic N) is 3. The van der Waals surface area contributed by atoms with E-state index in [1.807, 2.05) is 31.2 Å². The fourth-order valence-corrected chi connectivity index (χ4v) is 1.52. The summed E-state index contributed by atoms with van der Waals surface area (Å²) in [7, 11) is 1.35. The molecule has 96 valence electrons. The molecule has 6 nitrogen and oxygen atoms in total. The Kier molecular flexibility index (Phi) is 5.70. The van der Waals surface area contributed by atoms with Gasteiger partial charge in [-0.3, -0.25) is 0 Å². The highest BCUT2D eigenvalue weighted by Crippen LogP contribution is 2.15. The molecular formula is C12H16N4O2. The summed E-state index contributed by atoms with van der Waals surface area (Å²) in [6, 6.07) is 7.07. The van der Waals surface area contributed by atoms with Gasteiger partial charge in [-0.25, -0.2) is 4.79 Å². The third-order valence-corrected chi connectivity index (χ3v) is 2.47. The van der Waals surface area contributed by atoms with Crippen molar-refractivity contribution in [3.63, 3.8) is 0 Å². The van der Waals surface area contributed by atoms with Gasteiger partial charge in [0.05, 0.1) is 7.11 Å². The van der Waals surface area contributed by atoms with Crippen molar-refractivity contribution in [3.05, 3.63) is 45.8 Å². The first-order valence-electron chi connectivity index (χ1n) is 5.57. The summed E-state index contributed by atoms with van der Waals surface area (Å²) in [5, 5.41) is 6.40. The first kappa shape index (κ1) is 14.0. The van der Waals surface area contributed by atoms with E-state index in [0.29, 0.717) is 6.54 Å². The highest BCUT2D eigenvalue weighted by atomic mass is 16.5. The second-order valence-electron chi connectivity index (χ2n) is 3.78. The number of carbonyl (C=O) groups excluding carboxylic acids is 1. The molecular weight excluding hydrogens is 232 g/mol. The van der Waals surface area contributed by atoms with Crippen LogP contribution >= 0.6 is 0 Å². The van der Waals surface area contributed by atoms with Crippen LogP contribution in [0.25, 0.3) is 10.4 Å². The van der Waals surface area contributed by atoms with Crippen LogP contribution in [-0.4, -0.2) is 26.2 Å². The zero-order valence-electron chi connectivity index (χ0n) is 10.5. The van der Waals surface area contributed by atoms with E-state index in [9.17, 15) is 4.79 Å². The number of hydrogen-bond acceptors (Lipinski definition) is 4. The molecule has 0 saturated carbocycles. The van der Waals surface area contributed by atoms with E-state index in [0.717, 1.165) is 11.1 Å². The van der Waals surface area contributed by atoms with Gasteiger partial charge >= 0.3 is 5.97 Å². The van der Waals surface area contributed by atoms with E-state index >= 15 is 0 Å². The monoisotopic (exact) mass is 248 g/mol. The summed E-state index contributed by atoms with van der Waals surface area (Å²) in [4.78, 5) is 14.3. The highest BCUT2D eigenvalue weighted by Gasteiger charge is 2.19. The Morgan fingerprint density at radius 1 is 1.50 bits per heavy atom. The quantitative estimate of drug-likeness (QED) is 0.275. The molecule has 6 heteroatoms. The maximum Gasteiger partial charge on any atom is 0.327 e. The average Bonchev–Trinajstić information content (AvgIpc) is 2.39. The first-order valence-corrected chi connectivity index (χ1v) is 5.57. The normalized spacial score (nSPS) is 11.4. The summed E-state index contributed by atoms with van der Waals surface area (Å²) in [5.74, 6) is -0.361. The molecule has 0 saturated heterocycles. The Morgan fingerprint density at radius 2 is 2.17 bits per heavy atom. The molecule has 0 amide bonds. The molecule has 18 heavy (non-hydrogen) atoms. The van der Waals surface area contributed by atoms with Crippen molar-refractivity contribution in [1.29, 1.82) is 0 Å². The Balaban J connectivity index is 2.74. The molecule has 0 aromatic heterocycles. The largest absolute Gasteiger partial charge is 0.468 e. The van der Waals surface area contributed by atoms with Crippen molar-refractivity contribution in [3.8, 4) is 0 Å². The third kappa shape index (κ3) is 4.08. The van der Waals surface area contributed by atoms with Crippen LogP contribution in [0.3, 0.4) is 0 Å². The summed E-state index contributed by atoms with van der Waals surface area (Å²) < 4.78 is 4.75. The number of rotatable bonds is 6. The molecule has 1 rings (SSSR count). The number of esters is 1. The first-order chi connectivity index (χ1) is 8.69. The van der Waals surface area contributed by atoms with Crippen molar-refractivity contribution < 1.29 is 9.53 Å². The molecule has 0 aliphatic rings. The summed E-state index contributed by atoms with van der Waals surface area (Å²) in [6.07, 6.45) is 0. The minimum absolute atomic E-state index is 0.288. The van der Waals surface area contributed by atoms with E-state index in [-0.39, 0.29) is 12.5 Å². The number of azide groups is 1. The third-order valence-electron chi connectivity index (χ3n) is 2.47. The van der Waals surface area contributed by atoms with Gasteiger partial charge in [0.2, 0.25) is 0 Å². The van der Waals surface area contributed by atoms with Crippen LogP contribution in [0.4, 0.5) is 0 Å². The van der Waals surface area contributed by atoms with Crippen LogP contribution in [-0.2, 0) is 9.53 Å². The summed E-state index contributed by atoms with van der Waals surface area (Å²) in [6.45, 7) is 2.68. The molecule has 0 bridgehead atoms. The molecule has 1 aromatic rings. The van der Waals surface area contributed by atoms with Gasteiger partial charge in [0.1, 0.15) is 6.04 Å². The number of carbonyl (C=O) groups is 1. The molecule has 0 aliphatic heterocycles. The van der Waals surface area contributed by atoms with Gasteiger partial charge in [-0.2, -0.15) is 0 Å². The smallest absolute Gasteiger partial charge is 0.327 e.